The summed E-state index contributed by atoms with van der Waals surface area (Å²) in [6.45, 7) is 5.48. The van der Waals surface area contributed by atoms with Crippen molar-refractivity contribution in [3.05, 3.63) is 0 Å². The molecular formula is C10H16N2O. The molecule has 0 N–H and O–H groups in total. The summed E-state index contributed by atoms with van der Waals surface area (Å²) in [7, 11) is 0. The third-order valence-electron chi connectivity index (χ3n) is 2.61. The number of nitriles is 1. The number of likely N-dealkylation sites (tertiary alicyclic amines) is 1. The average Bonchev–Trinajstić information content (AvgIpc) is 2.50. The maximum atomic E-state index is 10.9. The van der Waals surface area contributed by atoms with Gasteiger partial charge in [-0.05, 0) is 26.8 Å². The van der Waals surface area contributed by atoms with Crippen molar-refractivity contribution in [3.63, 3.8) is 0 Å². The number of hydrogen-bond acceptors (Lipinski definition) is 3. The Labute approximate surface area is 79.3 Å². The Hall–Kier alpha value is -0.880. The molecule has 0 spiro atoms. The van der Waals surface area contributed by atoms with Crippen LogP contribution in [-0.4, -0.2) is 29.8 Å². The quantitative estimate of drug-likeness (QED) is 0.655. The molecule has 0 saturated carbocycles. The first-order valence-corrected chi connectivity index (χ1v) is 4.76. The molecule has 0 aromatic heterocycles. The molecule has 72 valence electrons. The predicted octanol–water partition coefficient (Wildman–Crippen LogP) is 1.20. The first-order valence-electron chi connectivity index (χ1n) is 4.76. The number of ketones is 1. The molecule has 2 atom stereocenters. The van der Waals surface area contributed by atoms with Crippen molar-refractivity contribution in [2.45, 2.75) is 32.7 Å². The second-order valence-electron chi connectivity index (χ2n) is 3.86. The molecule has 1 aliphatic heterocycles. The Kier molecular flexibility index (Phi) is 3.44. The molecular weight excluding hydrogens is 164 g/mol. The van der Waals surface area contributed by atoms with Gasteiger partial charge >= 0.3 is 0 Å². The van der Waals surface area contributed by atoms with Gasteiger partial charge in [-0.15, -0.1) is 0 Å². The Morgan fingerprint density at radius 3 is 2.92 bits per heavy atom. The summed E-state index contributed by atoms with van der Waals surface area (Å²) in [5, 5.41) is 8.70. The van der Waals surface area contributed by atoms with Crippen LogP contribution in [0.25, 0.3) is 0 Å². The summed E-state index contributed by atoms with van der Waals surface area (Å²) < 4.78 is 0. The van der Waals surface area contributed by atoms with E-state index in [9.17, 15) is 4.79 Å². The highest BCUT2D eigenvalue weighted by atomic mass is 16.1. The molecule has 0 aromatic carbocycles. The zero-order chi connectivity index (χ0) is 9.84. The van der Waals surface area contributed by atoms with Crippen molar-refractivity contribution in [1.29, 1.82) is 5.26 Å². The monoisotopic (exact) mass is 180 g/mol. The second kappa shape index (κ2) is 4.38. The molecule has 1 aliphatic rings. The lowest BCUT2D eigenvalue weighted by molar-refractivity contribution is -0.118. The van der Waals surface area contributed by atoms with Gasteiger partial charge in [-0.3, -0.25) is 9.69 Å². The van der Waals surface area contributed by atoms with E-state index in [0.717, 1.165) is 19.5 Å². The third-order valence-corrected chi connectivity index (χ3v) is 2.61. The Bertz CT molecular complexity index is 232. The van der Waals surface area contributed by atoms with Crippen LogP contribution in [0.2, 0.25) is 0 Å². The van der Waals surface area contributed by atoms with E-state index in [1.807, 2.05) is 0 Å². The fourth-order valence-corrected chi connectivity index (χ4v) is 1.84. The molecule has 0 aromatic rings. The zero-order valence-corrected chi connectivity index (χ0v) is 8.29. The van der Waals surface area contributed by atoms with E-state index in [1.165, 1.54) is 0 Å². The highest BCUT2D eigenvalue weighted by molar-refractivity contribution is 5.76. The average molecular weight is 180 g/mol. The van der Waals surface area contributed by atoms with Gasteiger partial charge in [0.1, 0.15) is 5.78 Å². The van der Waals surface area contributed by atoms with Gasteiger partial charge in [0.2, 0.25) is 0 Å². The maximum absolute atomic E-state index is 10.9. The van der Waals surface area contributed by atoms with Gasteiger partial charge in [-0.25, -0.2) is 0 Å². The Balaban J connectivity index is 2.38. The molecule has 0 bridgehead atoms. The highest BCUT2D eigenvalue weighted by Crippen LogP contribution is 2.18. The lowest BCUT2D eigenvalue weighted by Crippen LogP contribution is -2.32. The third kappa shape index (κ3) is 2.82. The van der Waals surface area contributed by atoms with Crippen LogP contribution >= 0.6 is 0 Å². The van der Waals surface area contributed by atoms with Crippen LogP contribution in [0.15, 0.2) is 0 Å². The number of Topliss-reactive ketones (excluding diaryl/α,β-unsaturated/α-hetero) is 1. The number of nitrogens with zero attached hydrogens (tertiary/aromatic N) is 2. The van der Waals surface area contributed by atoms with E-state index < -0.39 is 0 Å². The minimum atomic E-state index is 0.175. The molecule has 0 amide bonds. The molecule has 0 radical (unpaired) electrons. The Morgan fingerprint density at radius 1 is 1.77 bits per heavy atom. The minimum Gasteiger partial charge on any atom is -0.300 e. The number of carbonyl (C=O) groups is 1. The molecule has 1 rings (SSSR count). The Morgan fingerprint density at radius 2 is 2.46 bits per heavy atom. The number of carbonyl (C=O) groups excluding carboxylic acids is 1. The number of rotatable bonds is 3. The van der Waals surface area contributed by atoms with Crippen LogP contribution in [0, 0.1) is 17.2 Å². The van der Waals surface area contributed by atoms with Gasteiger partial charge in [0.25, 0.3) is 0 Å². The topological polar surface area (TPSA) is 44.1 Å². The molecule has 1 fully saturated rings. The fourth-order valence-electron chi connectivity index (χ4n) is 1.84. The largest absolute Gasteiger partial charge is 0.300 e. The molecule has 1 heterocycles. The highest BCUT2D eigenvalue weighted by Gasteiger charge is 2.25. The van der Waals surface area contributed by atoms with Crippen LogP contribution < -0.4 is 0 Å². The summed E-state index contributed by atoms with van der Waals surface area (Å²) in [5.41, 5.74) is 0. The maximum Gasteiger partial charge on any atom is 0.131 e. The molecule has 3 heteroatoms. The molecule has 13 heavy (non-hydrogen) atoms. The van der Waals surface area contributed by atoms with E-state index in [1.54, 1.807) is 6.92 Å². The van der Waals surface area contributed by atoms with Crippen LogP contribution in [0.5, 0.6) is 0 Å². The zero-order valence-electron chi connectivity index (χ0n) is 8.29. The molecule has 3 nitrogen and oxygen atoms in total. The fraction of sp³-hybridized carbons (Fsp3) is 0.800. The summed E-state index contributed by atoms with van der Waals surface area (Å²) in [4.78, 5) is 13.1. The first kappa shape index (κ1) is 10.2. The summed E-state index contributed by atoms with van der Waals surface area (Å²) >= 11 is 0. The molecule has 2 unspecified atom stereocenters. The van der Waals surface area contributed by atoms with Crippen molar-refractivity contribution in [2.24, 2.45) is 5.92 Å². The molecule has 0 aliphatic carbocycles. The van der Waals surface area contributed by atoms with Gasteiger partial charge in [-0.2, -0.15) is 5.26 Å². The van der Waals surface area contributed by atoms with Crippen molar-refractivity contribution in [3.8, 4) is 6.07 Å². The standard InChI is InChI=1S/C10H16N2O/c1-8(5-9(2)13)12-4-3-10(6-11)7-12/h8,10H,3-5,7H2,1-2H3. The summed E-state index contributed by atoms with van der Waals surface area (Å²) in [6.07, 6.45) is 1.57. The van der Waals surface area contributed by atoms with E-state index in [-0.39, 0.29) is 11.7 Å². The van der Waals surface area contributed by atoms with Gasteiger partial charge < -0.3 is 0 Å². The molecule has 1 saturated heterocycles. The smallest absolute Gasteiger partial charge is 0.131 e. The van der Waals surface area contributed by atoms with E-state index >= 15 is 0 Å². The van der Waals surface area contributed by atoms with Crippen LogP contribution in [-0.2, 0) is 4.79 Å². The predicted molar refractivity (Wildman–Crippen MR) is 50.1 cm³/mol. The lowest BCUT2D eigenvalue weighted by atomic mass is 10.1. The van der Waals surface area contributed by atoms with Crippen molar-refractivity contribution >= 4 is 5.78 Å². The van der Waals surface area contributed by atoms with Crippen LogP contribution in [0.3, 0.4) is 0 Å². The van der Waals surface area contributed by atoms with Crippen LogP contribution in [0.1, 0.15) is 26.7 Å². The normalized spacial score (nSPS) is 25.5. The van der Waals surface area contributed by atoms with Crippen molar-refractivity contribution in [1.82, 2.24) is 4.90 Å². The van der Waals surface area contributed by atoms with Crippen molar-refractivity contribution < 1.29 is 4.79 Å². The minimum absolute atomic E-state index is 0.175. The van der Waals surface area contributed by atoms with E-state index in [2.05, 4.69) is 17.9 Å². The number of hydrogen-bond donors (Lipinski definition) is 0. The second-order valence-corrected chi connectivity index (χ2v) is 3.86. The summed E-state index contributed by atoms with van der Waals surface area (Å²) in [5.74, 6) is 0.405. The van der Waals surface area contributed by atoms with E-state index in [0.29, 0.717) is 12.5 Å². The van der Waals surface area contributed by atoms with E-state index in [4.69, 9.17) is 5.26 Å². The van der Waals surface area contributed by atoms with Crippen molar-refractivity contribution in [2.75, 3.05) is 13.1 Å². The van der Waals surface area contributed by atoms with Gasteiger partial charge in [0, 0.05) is 19.0 Å². The summed E-state index contributed by atoms with van der Waals surface area (Å²) in [6, 6.07) is 2.58. The van der Waals surface area contributed by atoms with Gasteiger partial charge in [0.05, 0.1) is 12.0 Å². The van der Waals surface area contributed by atoms with Gasteiger partial charge in [0.15, 0.2) is 0 Å². The first-order chi connectivity index (χ1) is 6.13. The SMILES string of the molecule is CC(=O)CC(C)N1CCC(C#N)C1. The lowest BCUT2D eigenvalue weighted by Gasteiger charge is -2.22. The van der Waals surface area contributed by atoms with Gasteiger partial charge in [-0.1, -0.05) is 0 Å². The van der Waals surface area contributed by atoms with Crippen LogP contribution in [0.4, 0.5) is 0 Å².